The number of benzene rings is 2. The van der Waals surface area contributed by atoms with Gasteiger partial charge in [0.1, 0.15) is 0 Å². The third-order valence-corrected chi connectivity index (χ3v) is 6.23. The van der Waals surface area contributed by atoms with Crippen molar-refractivity contribution < 1.29 is 8.42 Å². The molecule has 0 bridgehead atoms. The summed E-state index contributed by atoms with van der Waals surface area (Å²) in [6.45, 7) is 15.0. The Bertz CT molecular complexity index is 968. The summed E-state index contributed by atoms with van der Waals surface area (Å²) >= 11 is 0. The van der Waals surface area contributed by atoms with Crippen LogP contribution in [0.1, 0.15) is 29.5 Å². The van der Waals surface area contributed by atoms with Crippen molar-refractivity contribution in [2.24, 2.45) is 0 Å². The Morgan fingerprint density at radius 3 is 2.23 bits per heavy atom. The lowest BCUT2D eigenvalue weighted by Gasteiger charge is -2.26. The normalized spacial score (nSPS) is 14.3. The molecular formula is C20H23N3O2S. The fourth-order valence-electron chi connectivity index (χ4n) is 3.65. The van der Waals surface area contributed by atoms with E-state index >= 15 is 0 Å². The van der Waals surface area contributed by atoms with E-state index in [0.29, 0.717) is 11.4 Å². The quantitative estimate of drug-likeness (QED) is 0.804. The van der Waals surface area contributed by atoms with Crippen molar-refractivity contribution in [1.82, 2.24) is 0 Å². The number of nitrogens with zero attached hydrogens (tertiary/aromatic N) is 2. The van der Waals surface area contributed by atoms with Gasteiger partial charge < -0.3 is 4.90 Å². The first-order valence-electron chi connectivity index (χ1n) is 8.69. The fourth-order valence-corrected chi connectivity index (χ4v) is 4.85. The maximum Gasteiger partial charge on any atom is 0.261 e. The van der Waals surface area contributed by atoms with Crippen LogP contribution in [0.3, 0.4) is 0 Å². The van der Waals surface area contributed by atoms with E-state index < -0.39 is 10.0 Å². The second-order valence-corrected chi connectivity index (χ2v) is 8.45. The monoisotopic (exact) mass is 369 g/mol. The molecule has 26 heavy (non-hydrogen) atoms. The Balaban J connectivity index is 2.00. The summed E-state index contributed by atoms with van der Waals surface area (Å²) < 4.78 is 28.4. The predicted molar refractivity (Wildman–Crippen MR) is 106 cm³/mol. The Labute approximate surface area is 155 Å². The van der Waals surface area contributed by atoms with E-state index in [9.17, 15) is 8.42 Å². The van der Waals surface area contributed by atoms with E-state index in [1.165, 1.54) is 42.7 Å². The second kappa shape index (κ2) is 7.00. The van der Waals surface area contributed by atoms with E-state index in [-0.39, 0.29) is 4.90 Å². The molecule has 1 aliphatic heterocycles. The van der Waals surface area contributed by atoms with E-state index in [1.54, 1.807) is 0 Å². The predicted octanol–water partition coefficient (Wildman–Crippen LogP) is 4.56. The molecule has 1 fully saturated rings. The molecule has 0 radical (unpaired) electrons. The molecule has 0 spiro atoms. The maximum absolute atomic E-state index is 12.8. The van der Waals surface area contributed by atoms with Crippen LogP contribution in [0.5, 0.6) is 0 Å². The topological polar surface area (TPSA) is 53.8 Å². The molecule has 2 aromatic rings. The highest BCUT2D eigenvalue weighted by atomic mass is 32.2. The molecule has 5 nitrogen and oxygen atoms in total. The molecule has 0 aromatic heterocycles. The van der Waals surface area contributed by atoms with Crippen LogP contribution < -0.4 is 9.62 Å². The Morgan fingerprint density at radius 2 is 1.65 bits per heavy atom. The zero-order chi connectivity index (χ0) is 18.9. The molecular weight excluding hydrogens is 346 g/mol. The minimum Gasteiger partial charge on any atom is -0.371 e. The molecule has 0 aliphatic carbocycles. The van der Waals surface area contributed by atoms with Gasteiger partial charge in [-0.25, -0.2) is 13.3 Å². The van der Waals surface area contributed by atoms with Gasteiger partial charge in [-0.3, -0.25) is 4.72 Å². The van der Waals surface area contributed by atoms with Crippen molar-refractivity contribution in [2.45, 2.75) is 38.5 Å². The lowest BCUT2D eigenvalue weighted by atomic mass is 10.0. The molecule has 2 aromatic carbocycles. The van der Waals surface area contributed by atoms with Gasteiger partial charge >= 0.3 is 0 Å². The van der Waals surface area contributed by atoms with Crippen LogP contribution in [-0.2, 0) is 10.0 Å². The summed E-state index contributed by atoms with van der Waals surface area (Å²) in [5.74, 6) is 0. The Kier molecular flexibility index (Phi) is 4.92. The first-order valence-corrected chi connectivity index (χ1v) is 10.2. The zero-order valence-corrected chi connectivity index (χ0v) is 16.2. The summed E-state index contributed by atoms with van der Waals surface area (Å²) in [5, 5.41) is 0. The molecule has 0 amide bonds. The largest absolute Gasteiger partial charge is 0.371 e. The van der Waals surface area contributed by atoms with E-state index in [1.807, 2.05) is 19.9 Å². The van der Waals surface area contributed by atoms with Crippen molar-refractivity contribution >= 4 is 27.1 Å². The molecule has 0 atom stereocenters. The summed E-state index contributed by atoms with van der Waals surface area (Å²) in [6, 6.07) is 8.02. The molecule has 1 saturated heterocycles. The smallest absolute Gasteiger partial charge is 0.261 e. The summed E-state index contributed by atoms with van der Waals surface area (Å²) in [5.41, 5.74) is 5.24. The van der Waals surface area contributed by atoms with Gasteiger partial charge in [0.05, 0.1) is 17.2 Å². The highest BCUT2D eigenvalue weighted by molar-refractivity contribution is 7.92. The first kappa shape index (κ1) is 18.3. The molecule has 6 heteroatoms. The molecule has 3 rings (SSSR count). The van der Waals surface area contributed by atoms with Crippen molar-refractivity contribution in [1.29, 1.82) is 0 Å². The second-order valence-electron chi connectivity index (χ2n) is 6.76. The van der Waals surface area contributed by atoms with Gasteiger partial charge in [-0.05, 0) is 50.3 Å². The Hall–Kier alpha value is -2.52. The lowest BCUT2D eigenvalue weighted by molar-refractivity contribution is 0.601. The maximum atomic E-state index is 12.8. The minimum absolute atomic E-state index is 0.159. The summed E-state index contributed by atoms with van der Waals surface area (Å²) in [7, 11) is -3.71. The minimum atomic E-state index is -3.71. The van der Waals surface area contributed by atoms with Gasteiger partial charge in [-0.1, -0.05) is 30.3 Å². The fraction of sp³-hybridized carbons (Fsp3) is 0.350. The van der Waals surface area contributed by atoms with E-state index in [4.69, 9.17) is 6.57 Å². The molecule has 1 aliphatic rings. The van der Waals surface area contributed by atoms with Crippen molar-refractivity contribution in [3.63, 3.8) is 0 Å². The van der Waals surface area contributed by atoms with Crippen molar-refractivity contribution in [3.05, 3.63) is 58.4 Å². The van der Waals surface area contributed by atoms with Gasteiger partial charge in [0.25, 0.3) is 10.0 Å². The van der Waals surface area contributed by atoms with Gasteiger partial charge in [-0.2, -0.15) is 0 Å². The zero-order valence-electron chi connectivity index (χ0n) is 15.3. The Morgan fingerprint density at radius 1 is 1.04 bits per heavy atom. The summed E-state index contributed by atoms with van der Waals surface area (Å²) in [6.07, 6.45) is 2.34. The summed E-state index contributed by atoms with van der Waals surface area (Å²) in [4.78, 5) is 5.80. The van der Waals surface area contributed by atoms with Crippen LogP contribution in [0.4, 0.5) is 17.1 Å². The van der Waals surface area contributed by atoms with Crippen LogP contribution in [-0.4, -0.2) is 21.5 Å². The highest BCUT2D eigenvalue weighted by Crippen LogP contribution is 2.36. The average Bonchev–Trinajstić information content (AvgIpc) is 3.12. The van der Waals surface area contributed by atoms with Crippen LogP contribution in [0.25, 0.3) is 4.85 Å². The lowest BCUT2D eigenvalue weighted by Crippen LogP contribution is -2.22. The van der Waals surface area contributed by atoms with Gasteiger partial charge in [0.15, 0.2) is 5.69 Å². The number of nitrogens with one attached hydrogen (secondary N) is 1. The van der Waals surface area contributed by atoms with Crippen LogP contribution >= 0.6 is 0 Å². The standard InChI is InChI=1S/C20H23N3O2S/c1-14-13-15(2)20(23-11-5-6-12-23)16(3)19(14)22-26(24,25)18-9-7-17(21-4)8-10-18/h7-10,13,22H,5-6,11-12H2,1-3H3. The highest BCUT2D eigenvalue weighted by Gasteiger charge is 2.22. The molecule has 136 valence electrons. The molecule has 1 heterocycles. The first-order chi connectivity index (χ1) is 12.3. The van der Waals surface area contributed by atoms with Gasteiger partial charge in [0.2, 0.25) is 0 Å². The van der Waals surface area contributed by atoms with Crippen molar-refractivity contribution in [3.8, 4) is 0 Å². The number of aryl methyl sites for hydroxylation is 2. The van der Waals surface area contributed by atoms with Gasteiger partial charge in [0, 0.05) is 18.8 Å². The molecule has 0 unspecified atom stereocenters. The van der Waals surface area contributed by atoms with E-state index in [0.717, 1.165) is 29.9 Å². The SMILES string of the molecule is [C-]#[N+]c1ccc(S(=O)(=O)Nc2c(C)cc(C)c(N3CCCC3)c2C)cc1. The van der Waals surface area contributed by atoms with E-state index in [2.05, 4.69) is 21.4 Å². The van der Waals surface area contributed by atoms with Crippen LogP contribution in [0, 0.1) is 27.3 Å². The number of hydrogen-bond donors (Lipinski definition) is 1. The number of rotatable bonds is 4. The third kappa shape index (κ3) is 3.40. The van der Waals surface area contributed by atoms with Crippen LogP contribution in [0.2, 0.25) is 0 Å². The number of hydrogen-bond acceptors (Lipinski definition) is 3. The number of anilines is 2. The average molecular weight is 369 g/mol. The molecule has 0 saturated carbocycles. The van der Waals surface area contributed by atoms with Gasteiger partial charge in [-0.15, -0.1) is 0 Å². The van der Waals surface area contributed by atoms with Crippen LogP contribution in [0.15, 0.2) is 35.2 Å². The van der Waals surface area contributed by atoms with Crippen molar-refractivity contribution in [2.75, 3.05) is 22.7 Å². The third-order valence-electron chi connectivity index (χ3n) is 4.87. The number of sulfonamides is 1. The molecule has 1 N–H and O–H groups in total.